The van der Waals surface area contributed by atoms with E-state index in [1.165, 1.54) is 37.4 Å². The molecule has 2 aromatic carbocycles. The van der Waals surface area contributed by atoms with Gasteiger partial charge in [-0.25, -0.2) is 12.8 Å². The van der Waals surface area contributed by atoms with E-state index < -0.39 is 15.8 Å². The zero-order valence-electron chi connectivity index (χ0n) is 11.6. The average molecular weight is 310 g/mol. The summed E-state index contributed by atoms with van der Waals surface area (Å²) in [7, 11) is -2.46. The maximum absolute atomic E-state index is 13.2. The Morgan fingerprint density at radius 2 is 1.90 bits per heavy atom. The minimum atomic E-state index is -3.85. The van der Waals surface area contributed by atoms with E-state index in [2.05, 4.69) is 4.72 Å². The van der Waals surface area contributed by atoms with Crippen LogP contribution in [0.4, 0.5) is 15.8 Å². The average Bonchev–Trinajstić information content (AvgIpc) is 2.43. The Morgan fingerprint density at radius 1 is 1.19 bits per heavy atom. The topological polar surface area (TPSA) is 81.4 Å². The standard InChI is InChI=1S/C14H15FN2O3S/c1-9-3-4-10(15)7-13(9)17-21(18,19)11-5-6-12(16)14(8-11)20-2/h3-8,17H,16H2,1-2H3. The summed E-state index contributed by atoms with van der Waals surface area (Å²) >= 11 is 0. The second kappa shape index (κ2) is 5.61. The van der Waals surface area contributed by atoms with Crippen molar-refractivity contribution >= 4 is 21.4 Å². The summed E-state index contributed by atoms with van der Waals surface area (Å²) in [5, 5.41) is 0. The van der Waals surface area contributed by atoms with Crippen LogP contribution in [0, 0.1) is 12.7 Å². The van der Waals surface area contributed by atoms with Crippen molar-refractivity contribution in [3.8, 4) is 5.75 Å². The molecule has 21 heavy (non-hydrogen) atoms. The molecule has 2 aromatic rings. The van der Waals surface area contributed by atoms with Crippen LogP contribution in [0.25, 0.3) is 0 Å². The molecule has 0 heterocycles. The maximum Gasteiger partial charge on any atom is 0.262 e. The SMILES string of the molecule is COc1cc(S(=O)(=O)Nc2cc(F)ccc2C)ccc1N. The zero-order chi connectivity index (χ0) is 15.6. The van der Waals surface area contributed by atoms with Crippen molar-refractivity contribution < 1.29 is 17.5 Å². The Bertz CT molecular complexity index is 776. The van der Waals surface area contributed by atoms with Gasteiger partial charge in [-0.05, 0) is 36.8 Å². The van der Waals surface area contributed by atoms with E-state index in [1.54, 1.807) is 6.92 Å². The highest BCUT2D eigenvalue weighted by molar-refractivity contribution is 7.92. The third kappa shape index (κ3) is 3.25. The lowest BCUT2D eigenvalue weighted by Gasteiger charge is -2.12. The number of nitrogen functional groups attached to an aromatic ring is 1. The summed E-state index contributed by atoms with van der Waals surface area (Å²) in [5.41, 5.74) is 6.78. The Hall–Kier alpha value is -2.28. The molecule has 0 fully saturated rings. The minimum Gasteiger partial charge on any atom is -0.495 e. The lowest BCUT2D eigenvalue weighted by Crippen LogP contribution is -2.14. The van der Waals surface area contributed by atoms with Gasteiger partial charge in [-0.15, -0.1) is 0 Å². The number of anilines is 2. The Balaban J connectivity index is 2.41. The zero-order valence-corrected chi connectivity index (χ0v) is 12.4. The Kier molecular flexibility index (Phi) is 4.04. The second-order valence-corrected chi connectivity index (χ2v) is 6.15. The fourth-order valence-electron chi connectivity index (χ4n) is 1.77. The van der Waals surface area contributed by atoms with Crippen LogP contribution in [0.5, 0.6) is 5.75 Å². The highest BCUT2D eigenvalue weighted by Crippen LogP contribution is 2.27. The number of halogens is 1. The number of aryl methyl sites for hydroxylation is 1. The molecule has 7 heteroatoms. The molecule has 0 aromatic heterocycles. The number of hydrogen-bond acceptors (Lipinski definition) is 4. The molecule has 0 spiro atoms. The quantitative estimate of drug-likeness (QED) is 0.850. The number of nitrogens with two attached hydrogens (primary N) is 1. The fraction of sp³-hybridized carbons (Fsp3) is 0.143. The van der Waals surface area contributed by atoms with Gasteiger partial charge in [-0.2, -0.15) is 0 Å². The molecule has 0 saturated heterocycles. The molecule has 0 saturated carbocycles. The number of methoxy groups -OCH3 is 1. The number of rotatable bonds is 4. The van der Waals surface area contributed by atoms with Gasteiger partial charge in [0.1, 0.15) is 11.6 Å². The first-order valence-electron chi connectivity index (χ1n) is 6.06. The van der Waals surface area contributed by atoms with Crippen LogP contribution >= 0.6 is 0 Å². The van der Waals surface area contributed by atoms with Gasteiger partial charge in [-0.3, -0.25) is 4.72 Å². The van der Waals surface area contributed by atoms with Gasteiger partial charge >= 0.3 is 0 Å². The van der Waals surface area contributed by atoms with Crippen molar-refractivity contribution in [1.29, 1.82) is 0 Å². The number of ether oxygens (including phenoxy) is 1. The van der Waals surface area contributed by atoms with Crippen molar-refractivity contribution in [3.05, 3.63) is 47.8 Å². The first-order chi connectivity index (χ1) is 9.83. The van der Waals surface area contributed by atoms with E-state index in [9.17, 15) is 12.8 Å². The van der Waals surface area contributed by atoms with E-state index in [1.807, 2.05) is 0 Å². The van der Waals surface area contributed by atoms with E-state index in [4.69, 9.17) is 10.5 Å². The predicted octanol–water partition coefficient (Wildman–Crippen LogP) is 2.53. The van der Waals surface area contributed by atoms with Gasteiger partial charge in [-0.1, -0.05) is 6.07 Å². The van der Waals surface area contributed by atoms with Gasteiger partial charge in [0.05, 0.1) is 23.4 Å². The van der Waals surface area contributed by atoms with Crippen molar-refractivity contribution in [3.63, 3.8) is 0 Å². The molecule has 0 aliphatic rings. The molecule has 2 rings (SSSR count). The van der Waals surface area contributed by atoms with E-state index >= 15 is 0 Å². The van der Waals surface area contributed by atoms with Crippen molar-refractivity contribution in [2.75, 3.05) is 17.6 Å². The van der Waals surface area contributed by atoms with Crippen LogP contribution in [0.15, 0.2) is 41.3 Å². The third-order valence-corrected chi connectivity index (χ3v) is 4.32. The van der Waals surface area contributed by atoms with Gasteiger partial charge in [0.2, 0.25) is 0 Å². The molecule has 3 N–H and O–H groups in total. The number of sulfonamides is 1. The summed E-state index contributed by atoms with van der Waals surface area (Å²) in [4.78, 5) is -0.0165. The molecule has 0 bridgehead atoms. The maximum atomic E-state index is 13.2. The van der Waals surface area contributed by atoms with Crippen LogP contribution in [-0.2, 0) is 10.0 Å². The van der Waals surface area contributed by atoms with E-state index in [-0.39, 0.29) is 16.3 Å². The summed E-state index contributed by atoms with van der Waals surface area (Å²) in [6.45, 7) is 1.68. The van der Waals surface area contributed by atoms with E-state index in [0.717, 1.165) is 6.07 Å². The predicted molar refractivity (Wildman–Crippen MR) is 79.4 cm³/mol. The second-order valence-electron chi connectivity index (χ2n) is 4.47. The molecule has 0 amide bonds. The van der Waals surface area contributed by atoms with Crippen LogP contribution in [-0.4, -0.2) is 15.5 Å². The first kappa shape index (κ1) is 15.1. The third-order valence-electron chi connectivity index (χ3n) is 2.96. The van der Waals surface area contributed by atoms with Crippen LogP contribution in [0.2, 0.25) is 0 Å². The molecule has 0 unspecified atom stereocenters. The summed E-state index contributed by atoms with van der Waals surface area (Å²) in [5.74, 6) is -0.262. The number of hydrogen-bond donors (Lipinski definition) is 2. The van der Waals surface area contributed by atoms with Gasteiger partial charge in [0.15, 0.2) is 0 Å². The molecule has 0 aliphatic carbocycles. The van der Waals surface area contributed by atoms with Crippen LogP contribution < -0.4 is 15.2 Å². The minimum absolute atomic E-state index is 0.0165. The van der Waals surface area contributed by atoms with Crippen molar-refractivity contribution in [2.24, 2.45) is 0 Å². The number of nitrogens with one attached hydrogen (secondary N) is 1. The molecular formula is C14H15FN2O3S. The lowest BCUT2D eigenvalue weighted by atomic mass is 10.2. The highest BCUT2D eigenvalue weighted by atomic mass is 32.2. The van der Waals surface area contributed by atoms with Gasteiger partial charge in [0, 0.05) is 6.07 Å². The highest BCUT2D eigenvalue weighted by Gasteiger charge is 2.17. The van der Waals surface area contributed by atoms with Gasteiger partial charge < -0.3 is 10.5 Å². The van der Waals surface area contributed by atoms with Crippen molar-refractivity contribution in [2.45, 2.75) is 11.8 Å². The molecule has 0 aliphatic heterocycles. The molecule has 0 atom stereocenters. The molecule has 112 valence electrons. The first-order valence-corrected chi connectivity index (χ1v) is 7.54. The van der Waals surface area contributed by atoms with Crippen LogP contribution in [0.1, 0.15) is 5.56 Å². The summed E-state index contributed by atoms with van der Waals surface area (Å²) in [6.07, 6.45) is 0. The van der Waals surface area contributed by atoms with E-state index in [0.29, 0.717) is 11.3 Å². The molecule has 0 radical (unpaired) electrons. The van der Waals surface area contributed by atoms with Gasteiger partial charge in [0.25, 0.3) is 10.0 Å². The summed E-state index contributed by atoms with van der Waals surface area (Å²) in [6, 6.07) is 7.99. The van der Waals surface area contributed by atoms with Crippen molar-refractivity contribution in [1.82, 2.24) is 0 Å². The largest absolute Gasteiger partial charge is 0.495 e. The normalized spacial score (nSPS) is 11.2. The smallest absolute Gasteiger partial charge is 0.262 e. The van der Waals surface area contributed by atoms with Crippen LogP contribution in [0.3, 0.4) is 0 Å². The molecular weight excluding hydrogens is 295 g/mol. The lowest BCUT2D eigenvalue weighted by molar-refractivity contribution is 0.415. The summed E-state index contributed by atoms with van der Waals surface area (Å²) < 4.78 is 45.2. The monoisotopic (exact) mass is 310 g/mol. The molecule has 5 nitrogen and oxygen atoms in total. The Morgan fingerprint density at radius 3 is 2.57 bits per heavy atom. The fourth-order valence-corrected chi connectivity index (χ4v) is 2.90. The number of benzene rings is 2. The Labute approximate surface area is 122 Å².